The van der Waals surface area contributed by atoms with Crippen LogP contribution in [-0.4, -0.2) is 27.3 Å². The smallest absolute Gasteiger partial charge is 0.268 e. The van der Waals surface area contributed by atoms with Crippen LogP contribution in [0.5, 0.6) is 0 Å². The van der Waals surface area contributed by atoms with E-state index in [1.807, 2.05) is 11.8 Å². The van der Waals surface area contributed by atoms with Gasteiger partial charge in [0.15, 0.2) is 0 Å². The summed E-state index contributed by atoms with van der Waals surface area (Å²) < 4.78 is 1.60. The van der Waals surface area contributed by atoms with Gasteiger partial charge in [-0.2, -0.15) is 16.9 Å². The molecule has 94 valence electrons. The Morgan fingerprint density at radius 2 is 2.41 bits per heavy atom. The van der Waals surface area contributed by atoms with E-state index in [-0.39, 0.29) is 5.56 Å². The average molecular weight is 253 g/mol. The molecule has 5 heteroatoms. The normalized spacial score (nSPS) is 14.5. The van der Waals surface area contributed by atoms with E-state index in [4.69, 9.17) is 0 Å². The molecule has 1 aliphatic rings. The Morgan fingerprint density at radius 1 is 1.59 bits per heavy atom. The van der Waals surface area contributed by atoms with Crippen LogP contribution in [0, 0.1) is 0 Å². The van der Waals surface area contributed by atoms with Gasteiger partial charge in [-0.1, -0.05) is 13.8 Å². The fourth-order valence-electron chi connectivity index (χ4n) is 1.88. The van der Waals surface area contributed by atoms with Gasteiger partial charge in [-0.05, 0) is 18.1 Å². The van der Waals surface area contributed by atoms with Crippen molar-refractivity contribution >= 4 is 17.4 Å². The first kappa shape index (κ1) is 12.5. The molecule has 1 aliphatic heterocycles. The number of aryl methyl sites for hydroxylation is 2. The van der Waals surface area contributed by atoms with Crippen molar-refractivity contribution in [2.24, 2.45) is 0 Å². The van der Waals surface area contributed by atoms with E-state index in [0.29, 0.717) is 11.8 Å². The highest BCUT2D eigenvalue weighted by molar-refractivity contribution is 7.99. The molecule has 0 radical (unpaired) electrons. The van der Waals surface area contributed by atoms with Crippen molar-refractivity contribution in [3.05, 3.63) is 22.1 Å². The number of nitrogens with zero attached hydrogens (tertiary/aromatic N) is 2. The van der Waals surface area contributed by atoms with Crippen LogP contribution in [0.15, 0.2) is 10.9 Å². The molecule has 1 aromatic rings. The number of nitrogens with one attached hydrogen (secondary N) is 1. The molecule has 17 heavy (non-hydrogen) atoms. The van der Waals surface area contributed by atoms with Crippen molar-refractivity contribution in [1.29, 1.82) is 0 Å². The lowest BCUT2D eigenvalue weighted by atomic mass is 10.1. The van der Waals surface area contributed by atoms with Gasteiger partial charge in [0.1, 0.15) is 0 Å². The van der Waals surface area contributed by atoms with Gasteiger partial charge in [0.05, 0.1) is 17.9 Å². The fraction of sp³-hybridized carbons (Fsp3) is 0.667. The summed E-state index contributed by atoms with van der Waals surface area (Å²) in [5, 5.41) is 8.26. The predicted octanol–water partition coefficient (Wildman–Crippen LogP) is 1.74. The zero-order valence-corrected chi connectivity index (χ0v) is 11.2. The lowest BCUT2D eigenvalue weighted by Crippen LogP contribution is -2.28. The van der Waals surface area contributed by atoms with E-state index < -0.39 is 0 Å². The van der Waals surface area contributed by atoms with Crippen LogP contribution < -0.4 is 10.9 Å². The number of fused-ring (bicyclic) bond motifs is 1. The zero-order chi connectivity index (χ0) is 12.3. The topological polar surface area (TPSA) is 46.9 Å². The van der Waals surface area contributed by atoms with Crippen LogP contribution in [0.1, 0.15) is 26.0 Å². The number of thioether (sulfide) groups is 1. The molecule has 0 saturated heterocycles. The predicted molar refractivity (Wildman–Crippen MR) is 72.9 cm³/mol. The lowest BCUT2D eigenvalue weighted by Gasteiger charge is -2.17. The van der Waals surface area contributed by atoms with Crippen LogP contribution in [0.4, 0.5) is 5.69 Å². The maximum absolute atomic E-state index is 11.8. The van der Waals surface area contributed by atoms with Crippen molar-refractivity contribution in [1.82, 2.24) is 9.78 Å². The minimum atomic E-state index is 0.00232. The lowest BCUT2D eigenvalue weighted by molar-refractivity contribution is 0.593. The molecule has 0 fully saturated rings. The third-order valence-electron chi connectivity index (χ3n) is 2.73. The highest BCUT2D eigenvalue weighted by Crippen LogP contribution is 2.16. The van der Waals surface area contributed by atoms with E-state index in [1.54, 1.807) is 10.7 Å². The summed E-state index contributed by atoms with van der Waals surface area (Å²) in [7, 11) is 0. The number of aromatic nitrogens is 2. The van der Waals surface area contributed by atoms with Gasteiger partial charge < -0.3 is 5.32 Å². The molecule has 0 spiro atoms. The largest absolute Gasteiger partial charge is 0.383 e. The molecule has 0 aromatic carbocycles. The van der Waals surface area contributed by atoms with Crippen LogP contribution >= 0.6 is 11.8 Å². The van der Waals surface area contributed by atoms with E-state index in [1.165, 1.54) is 0 Å². The Bertz CT molecular complexity index is 442. The zero-order valence-electron chi connectivity index (χ0n) is 10.4. The van der Waals surface area contributed by atoms with Crippen LogP contribution in [0.2, 0.25) is 0 Å². The first-order valence-electron chi connectivity index (χ1n) is 6.13. The Kier molecular flexibility index (Phi) is 4.10. The first-order valence-corrected chi connectivity index (χ1v) is 7.18. The van der Waals surface area contributed by atoms with Gasteiger partial charge in [-0.15, -0.1) is 0 Å². The minimum absolute atomic E-state index is 0.00232. The molecule has 0 bridgehead atoms. The van der Waals surface area contributed by atoms with Crippen molar-refractivity contribution in [2.75, 3.05) is 17.6 Å². The molecule has 0 aliphatic carbocycles. The van der Waals surface area contributed by atoms with Crippen molar-refractivity contribution < 1.29 is 0 Å². The third-order valence-corrected chi connectivity index (χ3v) is 3.82. The van der Waals surface area contributed by atoms with Gasteiger partial charge in [0, 0.05) is 18.4 Å². The molecule has 1 N–H and O–H groups in total. The molecule has 4 nitrogen and oxygen atoms in total. The van der Waals surface area contributed by atoms with Crippen molar-refractivity contribution in [3.63, 3.8) is 0 Å². The summed E-state index contributed by atoms with van der Waals surface area (Å²) in [6, 6.07) is 1.68. The van der Waals surface area contributed by atoms with E-state index in [0.717, 1.165) is 36.5 Å². The first-order chi connectivity index (χ1) is 8.16. The van der Waals surface area contributed by atoms with Crippen molar-refractivity contribution in [3.8, 4) is 0 Å². The Balaban J connectivity index is 2.09. The number of hydrogen-bond acceptors (Lipinski definition) is 4. The highest BCUT2D eigenvalue weighted by Gasteiger charge is 2.12. The molecule has 0 amide bonds. The molecule has 0 atom stereocenters. The summed E-state index contributed by atoms with van der Waals surface area (Å²) in [5.74, 6) is 0.941. The van der Waals surface area contributed by atoms with Gasteiger partial charge >= 0.3 is 0 Å². The second-order valence-corrected chi connectivity index (χ2v) is 6.20. The number of hydrogen-bond donors (Lipinski definition) is 1. The molecular weight excluding hydrogens is 234 g/mol. The molecule has 0 saturated carbocycles. The Hall–Kier alpha value is -0.970. The molecule has 2 rings (SSSR count). The molecule has 2 heterocycles. The van der Waals surface area contributed by atoms with E-state index in [9.17, 15) is 4.79 Å². The van der Waals surface area contributed by atoms with E-state index in [2.05, 4.69) is 24.3 Å². The number of rotatable bonds is 4. The maximum atomic E-state index is 11.8. The summed E-state index contributed by atoms with van der Waals surface area (Å²) >= 11 is 1.86. The maximum Gasteiger partial charge on any atom is 0.268 e. The van der Waals surface area contributed by atoms with Gasteiger partial charge in [0.2, 0.25) is 0 Å². The summed E-state index contributed by atoms with van der Waals surface area (Å²) in [4.78, 5) is 11.8. The Morgan fingerprint density at radius 3 is 3.18 bits per heavy atom. The number of anilines is 1. The SMILES string of the molecule is CC(C)SCCn1nc2c(cc1=O)NCCC2. The standard InChI is InChI=1S/C12H19N3OS/c1-9(2)17-7-6-15-12(16)8-11-10(14-15)4-3-5-13-11/h8-9,13H,3-7H2,1-2H3. The van der Waals surface area contributed by atoms with E-state index >= 15 is 0 Å². The third kappa shape index (κ3) is 3.25. The fourth-order valence-corrected chi connectivity index (χ4v) is 2.63. The highest BCUT2D eigenvalue weighted by atomic mass is 32.2. The van der Waals surface area contributed by atoms with Crippen molar-refractivity contribution in [2.45, 2.75) is 38.5 Å². The molecule has 1 aromatic heterocycles. The van der Waals surface area contributed by atoms with Crippen LogP contribution in [0.3, 0.4) is 0 Å². The second kappa shape index (κ2) is 5.58. The molecular formula is C12H19N3OS. The van der Waals surface area contributed by atoms with Gasteiger partial charge in [-0.3, -0.25) is 4.79 Å². The van der Waals surface area contributed by atoms with Crippen LogP contribution in [-0.2, 0) is 13.0 Å². The summed E-state index contributed by atoms with van der Waals surface area (Å²) in [5.41, 5.74) is 1.96. The average Bonchev–Trinajstić information content (AvgIpc) is 2.29. The summed E-state index contributed by atoms with van der Waals surface area (Å²) in [6.45, 7) is 5.98. The monoisotopic (exact) mass is 253 g/mol. The minimum Gasteiger partial charge on any atom is -0.383 e. The van der Waals surface area contributed by atoms with Gasteiger partial charge in [0.25, 0.3) is 5.56 Å². The summed E-state index contributed by atoms with van der Waals surface area (Å²) in [6.07, 6.45) is 2.07. The second-order valence-electron chi connectivity index (χ2n) is 4.52. The van der Waals surface area contributed by atoms with Gasteiger partial charge in [-0.25, -0.2) is 4.68 Å². The molecule has 0 unspecified atom stereocenters. The van der Waals surface area contributed by atoms with Crippen LogP contribution in [0.25, 0.3) is 0 Å². The quantitative estimate of drug-likeness (QED) is 0.888. The Labute approximate surface area is 106 Å².